The standard InChI is InChI=1S/C15H17N3/c1-10-6-4-5-7-14(10)18-17-13-8-11(2)15(16)12(3)9-13/h4-9H,16H2,1-3H3. The maximum atomic E-state index is 5.91. The van der Waals surface area contributed by atoms with Crippen molar-refractivity contribution in [2.45, 2.75) is 20.8 Å². The minimum absolute atomic E-state index is 0.824. The lowest BCUT2D eigenvalue weighted by atomic mass is 10.1. The zero-order valence-electron chi connectivity index (χ0n) is 10.9. The van der Waals surface area contributed by atoms with Gasteiger partial charge in [0, 0.05) is 5.69 Å². The summed E-state index contributed by atoms with van der Waals surface area (Å²) in [5.41, 5.74) is 11.7. The van der Waals surface area contributed by atoms with Gasteiger partial charge >= 0.3 is 0 Å². The summed E-state index contributed by atoms with van der Waals surface area (Å²) in [6.45, 7) is 5.98. The van der Waals surface area contributed by atoms with E-state index in [0.717, 1.165) is 33.8 Å². The molecule has 0 aliphatic rings. The molecule has 3 nitrogen and oxygen atoms in total. The first-order valence-electron chi connectivity index (χ1n) is 5.92. The molecule has 0 aliphatic carbocycles. The van der Waals surface area contributed by atoms with Crippen LogP contribution in [0.2, 0.25) is 0 Å². The van der Waals surface area contributed by atoms with Gasteiger partial charge in [0.05, 0.1) is 11.4 Å². The highest BCUT2D eigenvalue weighted by Gasteiger charge is 2.01. The Balaban J connectivity index is 2.33. The van der Waals surface area contributed by atoms with Crippen LogP contribution in [-0.4, -0.2) is 0 Å². The van der Waals surface area contributed by atoms with Gasteiger partial charge < -0.3 is 5.73 Å². The van der Waals surface area contributed by atoms with Crippen LogP contribution in [0.4, 0.5) is 17.1 Å². The highest BCUT2D eigenvalue weighted by atomic mass is 15.1. The van der Waals surface area contributed by atoms with Crippen LogP contribution in [0.1, 0.15) is 16.7 Å². The fraction of sp³-hybridized carbons (Fsp3) is 0.200. The van der Waals surface area contributed by atoms with Crippen LogP contribution in [0.15, 0.2) is 46.6 Å². The van der Waals surface area contributed by atoms with Gasteiger partial charge in [-0.25, -0.2) is 0 Å². The fourth-order valence-corrected chi connectivity index (χ4v) is 1.80. The molecule has 0 spiro atoms. The molecule has 18 heavy (non-hydrogen) atoms. The van der Waals surface area contributed by atoms with Crippen LogP contribution in [0.5, 0.6) is 0 Å². The van der Waals surface area contributed by atoms with E-state index < -0.39 is 0 Å². The van der Waals surface area contributed by atoms with Crippen molar-refractivity contribution >= 4 is 17.1 Å². The zero-order chi connectivity index (χ0) is 13.1. The zero-order valence-corrected chi connectivity index (χ0v) is 10.9. The van der Waals surface area contributed by atoms with Crippen molar-refractivity contribution in [2.24, 2.45) is 10.2 Å². The molecule has 0 bridgehead atoms. The van der Waals surface area contributed by atoms with Crippen molar-refractivity contribution in [3.63, 3.8) is 0 Å². The van der Waals surface area contributed by atoms with E-state index in [2.05, 4.69) is 10.2 Å². The molecule has 2 N–H and O–H groups in total. The van der Waals surface area contributed by atoms with Crippen molar-refractivity contribution in [2.75, 3.05) is 5.73 Å². The van der Waals surface area contributed by atoms with Crippen molar-refractivity contribution < 1.29 is 0 Å². The first-order chi connectivity index (χ1) is 8.58. The van der Waals surface area contributed by atoms with E-state index >= 15 is 0 Å². The molecule has 0 atom stereocenters. The number of nitrogens with zero attached hydrogens (tertiary/aromatic N) is 2. The molecule has 0 unspecified atom stereocenters. The predicted octanol–water partition coefficient (Wildman–Crippen LogP) is 4.61. The van der Waals surface area contributed by atoms with E-state index in [1.54, 1.807) is 0 Å². The first-order valence-corrected chi connectivity index (χ1v) is 5.92. The maximum absolute atomic E-state index is 5.91. The maximum Gasteiger partial charge on any atom is 0.0886 e. The van der Waals surface area contributed by atoms with Crippen molar-refractivity contribution in [1.29, 1.82) is 0 Å². The molecule has 0 heterocycles. The Morgan fingerprint density at radius 1 is 0.833 bits per heavy atom. The molecule has 2 rings (SSSR count). The lowest BCUT2D eigenvalue weighted by molar-refractivity contribution is 1.20. The largest absolute Gasteiger partial charge is 0.398 e. The second-order valence-corrected chi connectivity index (χ2v) is 4.48. The molecule has 92 valence electrons. The second-order valence-electron chi connectivity index (χ2n) is 4.48. The molecule has 0 saturated carbocycles. The van der Waals surface area contributed by atoms with Crippen molar-refractivity contribution in [3.8, 4) is 0 Å². The Labute approximate surface area is 107 Å². The molecule has 0 radical (unpaired) electrons. The van der Waals surface area contributed by atoms with Crippen LogP contribution in [-0.2, 0) is 0 Å². The van der Waals surface area contributed by atoms with Crippen LogP contribution < -0.4 is 5.73 Å². The van der Waals surface area contributed by atoms with Gasteiger partial charge in [-0.1, -0.05) is 18.2 Å². The van der Waals surface area contributed by atoms with Gasteiger partial charge in [-0.3, -0.25) is 0 Å². The molecule has 0 fully saturated rings. The number of benzene rings is 2. The topological polar surface area (TPSA) is 50.7 Å². The minimum Gasteiger partial charge on any atom is -0.398 e. The van der Waals surface area contributed by atoms with Gasteiger partial charge in [-0.05, 0) is 55.7 Å². The third-order valence-corrected chi connectivity index (χ3v) is 2.97. The normalized spacial score (nSPS) is 11.1. The van der Waals surface area contributed by atoms with E-state index in [9.17, 15) is 0 Å². The average molecular weight is 239 g/mol. The van der Waals surface area contributed by atoms with Gasteiger partial charge in [-0.15, -0.1) is 0 Å². The van der Waals surface area contributed by atoms with E-state index in [1.165, 1.54) is 0 Å². The summed E-state index contributed by atoms with van der Waals surface area (Å²) < 4.78 is 0. The third-order valence-electron chi connectivity index (χ3n) is 2.97. The number of anilines is 1. The number of nitrogens with two attached hydrogens (primary N) is 1. The fourth-order valence-electron chi connectivity index (χ4n) is 1.80. The Hall–Kier alpha value is -2.16. The number of rotatable bonds is 2. The Morgan fingerprint density at radius 3 is 2.06 bits per heavy atom. The molecule has 0 amide bonds. The highest BCUT2D eigenvalue weighted by molar-refractivity contribution is 5.59. The summed E-state index contributed by atoms with van der Waals surface area (Å²) in [6, 6.07) is 11.8. The van der Waals surface area contributed by atoms with E-state index in [0.29, 0.717) is 0 Å². The lowest BCUT2D eigenvalue weighted by Crippen LogP contribution is -1.92. The van der Waals surface area contributed by atoms with Crippen LogP contribution in [0, 0.1) is 20.8 Å². The lowest BCUT2D eigenvalue weighted by Gasteiger charge is -2.05. The van der Waals surface area contributed by atoms with Crippen LogP contribution in [0.3, 0.4) is 0 Å². The number of nitrogen functional groups attached to an aromatic ring is 1. The number of hydrogen-bond donors (Lipinski definition) is 1. The SMILES string of the molecule is Cc1ccccc1N=Nc1cc(C)c(N)c(C)c1. The molecular formula is C15H17N3. The van der Waals surface area contributed by atoms with Gasteiger partial charge in [-0.2, -0.15) is 10.2 Å². The first kappa shape index (κ1) is 12.3. The van der Waals surface area contributed by atoms with Crippen molar-refractivity contribution in [1.82, 2.24) is 0 Å². The smallest absolute Gasteiger partial charge is 0.0886 e. The molecule has 0 aromatic heterocycles. The quantitative estimate of drug-likeness (QED) is 0.603. The molecule has 2 aromatic carbocycles. The molecule has 3 heteroatoms. The molecule has 0 aliphatic heterocycles. The number of azo groups is 1. The summed E-state index contributed by atoms with van der Waals surface area (Å²) in [4.78, 5) is 0. The second kappa shape index (κ2) is 5.00. The van der Waals surface area contributed by atoms with E-state index in [4.69, 9.17) is 5.73 Å². The van der Waals surface area contributed by atoms with Gasteiger partial charge in [0.2, 0.25) is 0 Å². The molecular weight excluding hydrogens is 222 g/mol. The summed E-state index contributed by atoms with van der Waals surface area (Å²) in [5, 5.41) is 8.54. The average Bonchev–Trinajstić information content (AvgIpc) is 2.35. The summed E-state index contributed by atoms with van der Waals surface area (Å²) >= 11 is 0. The van der Waals surface area contributed by atoms with Gasteiger partial charge in [0.1, 0.15) is 0 Å². The minimum atomic E-state index is 0.824. The van der Waals surface area contributed by atoms with E-state index in [1.807, 2.05) is 57.2 Å². The highest BCUT2D eigenvalue weighted by Crippen LogP contribution is 2.26. The van der Waals surface area contributed by atoms with Crippen LogP contribution >= 0.6 is 0 Å². The summed E-state index contributed by atoms with van der Waals surface area (Å²) in [5.74, 6) is 0. The number of aryl methyl sites for hydroxylation is 3. The van der Waals surface area contributed by atoms with Gasteiger partial charge in [0.15, 0.2) is 0 Å². The monoisotopic (exact) mass is 239 g/mol. The molecule has 0 saturated heterocycles. The Morgan fingerprint density at radius 2 is 1.44 bits per heavy atom. The van der Waals surface area contributed by atoms with E-state index in [-0.39, 0.29) is 0 Å². The number of hydrogen-bond acceptors (Lipinski definition) is 3. The van der Waals surface area contributed by atoms with Crippen LogP contribution in [0.25, 0.3) is 0 Å². The Bertz CT molecular complexity index is 577. The molecule has 2 aromatic rings. The van der Waals surface area contributed by atoms with Crippen molar-refractivity contribution in [3.05, 3.63) is 53.1 Å². The third kappa shape index (κ3) is 2.56. The van der Waals surface area contributed by atoms with Gasteiger partial charge in [0.25, 0.3) is 0 Å². The summed E-state index contributed by atoms with van der Waals surface area (Å²) in [7, 11) is 0. The Kier molecular flexibility index (Phi) is 3.42. The predicted molar refractivity (Wildman–Crippen MR) is 75.7 cm³/mol. The summed E-state index contributed by atoms with van der Waals surface area (Å²) in [6.07, 6.45) is 0.